The van der Waals surface area contributed by atoms with Crippen LogP contribution in [0.25, 0.3) is 0 Å². The molecule has 1 aliphatic heterocycles. The van der Waals surface area contributed by atoms with Gasteiger partial charge in [-0.2, -0.15) is 5.10 Å². The molecule has 0 atom stereocenters. The van der Waals surface area contributed by atoms with Gasteiger partial charge in [0.1, 0.15) is 0 Å². The number of fused-ring (bicyclic) bond motifs is 1. The minimum absolute atomic E-state index is 0.146. The average molecular weight is 326 g/mol. The predicted octanol–water partition coefficient (Wildman–Crippen LogP) is 1.85. The predicted molar refractivity (Wildman–Crippen MR) is 84.0 cm³/mol. The largest absolute Gasteiger partial charge is 0.351 e. The van der Waals surface area contributed by atoms with Crippen molar-refractivity contribution in [2.45, 2.75) is 39.5 Å². The molecule has 0 fully saturated rings. The quantitative estimate of drug-likeness (QED) is 0.731. The number of amides is 1. The minimum Gasteiger partial charge on any atom is -0.351 e. The van der Waals surface area contributed by atoms with Crippen molar-refractivity contribution < 1.29 is 9.32 Å². The summed E-state index contributed by atoms with van der Waals surface area (Å²) in [7, 11) is 0. The number of rotatable bonds is 4. The first-order chi connectivity index (χ1) is 11.6. The van der Waals surface area contributed by atoms with E-state index in [1.54, 1.807) is 23.5 Å². The topological polar surface area (TPSA) is 82.0 Å². The molecule has 0 aromatic carbocycles. The Bertz CT molecular complexity index is 848. The van der Waals surface area contributed by atoms with Gasteiger partial charge in [-0.25, -0.2) is 4.98 Å². The molecule has 4 heterocycles. The van der Waals surface area contributed by atoms with E-state index in [1.807, 2.05) is 15.4 Å². The van der Waals surface area contributed by atoms with Gasteiger partial charge in [-0.3, -0.25) is 9.48 Å². The van der Waals surface area contributed by atoms with Crippen LogP contribution in [-0.2, 0) is 19.6 Å². The Labute approximate surface area is 138 Å². The van der Waals surface area contributed by atoms with Crippen molar-refractivity contribution in [1.29, 1.82) is 0 Å². The Morgan fingerprint density at radius 3 is 2.88 bits per heavy atom. The second-order valence-electron chi connectivity index (χ2n) is 6.18. The van der Waals surface area contributed by atoms with Crippen LogP contribution in [0.5, 0.6) is 0 Å². The van der Waals surface area contributed by atoms with Gasteiger partial charge in [-0.1, -0.05) is 5.16 Å². The molecule has 0 radical (unpaired) electrons. The lowest BCUT2D eigenvalue weighted by Gasteiger charge is -2.16. The molecule has 0 unspecified atom stereocenters. The van der Waals surface area contributed by atoms with Gasteiger partial charge >= 0.3 is 0 Å². The molecule has 0 bridgehead atoms. The Kier molecular flexibility index (Phi) is 3.44. The van der Waals surface area contributed by atoms with Crippen molar-refractivity contribution in [3.63, 3.8) is 0 Å². The Balaban J connectivity index is 1.65. The first kappa shape index (κ1) is 14.7. The second kappa shape index (κ2) is 5.63. The first-order valence-electron chi connectivity index (χ1n) is 7.88. The van der Waals surface area contributed by atoms with Crippen LogP contribution in [0.2, 0.25) is 0 Å². The standard InChI is InChI=1S/C16H18N6O2/c1-11(2)22-14-9-21(16(23)15-3-4-18-24-15)7-12(14)13(19-22)8-20-6-5-17-10-20/h3-6,10-11H,7-9H2,1-2H3. The van der Waals surface area contributed by atoms with Gasteiger partial charge in [-0.05, 0) is 13.8 Å². The Morgan fingerprint density at radius 1 is 1.33 bits per heavy atom. The lowest BCUT2D eigenvalue weighted by Crippen LogP contribution is -2.26. The maximum atomic E-state index is 12.5. The molecule has 8 nitrogen and oxygen atoms in total. The molecule has 0 saturated carbocycles. The molecule has 124 valence electrons. The summed E-state index contributed by atoms with van der Waals surface area (Å²) in [6.07, 6.45) is 6.91. The van der Waals surface area contributed by atoms with Crippen molar-refractivity contribution in [3.8, 4) is 0 Å². The number of hydrogen-bond donors (Lipinski definition) is 0. The molecule has 1 amide bonds. The van der Waals surface area contributed by atoms with Gasteiger partial charge < -0.3 is 14.0 Å². The summed E-state index contributed by atoms with van der Waals surface area (Å²) in [6, 6.07) is 1.82. The summed E-state index contributed by atoms with van der Waals surface area (Å²) in [5, 5.41) is 8.37. The lowest BCUT2D eigenvalue weighted by atomic mass is 10.2. The number of carbonyl (C=O) groups is 1. The van der Waals surface area contributed by atoms with E-state index in [4.69, 9.17) is 9.62 Å². The molecule has 4 rings (SSSR count). The van der Waals surface area contributed by atoms with Crippen LogP contribution in [0.4, 0.5) is 0 Å². The highest BCUT2D eigenvalue weighted by Crippen LogP contribution is 2.29. The molecule has 24 heavy (non-hydrogen) atoms. The van der Waals surface area contributed by atoms with Crippen molar-refractivity contribution >= 4 is 5.91 Å². The van der Waals surface area contributed by atoms with E-state index in [-0.39, 0.29) is 17.7 Å². The van der Waals surface area contributed by atoms with Crippen LogP contribution in [0.15, 0.2) is 35.5 Å². The molecule has 3 aromatic rings. The maximum absolute atomic E-state index is 12.5. The van der Waals surface area contributed by atoms with Gasteiger partial charge in [0, 0.05) is 30.1 Å². The normalized spacial score (nSPS) is 13.7. The smallest absolute Gasteiger partial charge is 0.293 e. The van der Waals surface area contributed by atoms with Gasteiger partial charge in [0.25, 0.3) is 5.91 Å². The van der Waals surface area contributed by atoms with Crippen molar-refractivity contribution in [1.82, 2.24) is 29.4 Å². The van der Waals surface area contributed by atoms with Gasteiger partial charge in [0.05, 0.1) is 43.5 Å². The van der Waals surface area contributed by atoms with E-state index >= 15 is 0 Å². The third-order valence-electron chi connectivity index (χ3n) is 4.21. The highest BCUT2D eigenvalue weighted by atomic mass is 16.5. The van der Waals surface area contributed by atoms with E-state index in [9.17, 15) is 4.79 Å². The molecule has 8 heteroatoms. The fourth-order valence-corrected chi connectivity index (χ4v) is 3.07. The molecule has 1 aliphatic rings. The van der Waals surface area contributed by atoms with Gasteiger partial charge in [-0.15, -0.1) is 0 Å². The van der Waals surface area contributed by atoms with Crippen LogP contribution in [-0.4, -0.2) is 35.3 Å². The fraction of sp³-hybridized carbons (Fsp3) is 0.375. The minimum atomic E-state index is -0.146. The van der Waals surface area contributed by atoms with Crippen LogP contribution in [0.3, 0.4) is 0 Å². The Morgan fingerprint density at radius 2 is 2.21 bits per heavy atom. The zero-order chi connectivity index (χ0) is 16.7. The molecule has 3 aromatic heterocycles. The maximum Gasteiger partial charge on any atom is 0.293 e. The summed E-state index contributed by atoms with van der Waals surface area (Å²) in [4.78, 5) is 18.4. The SMILES string of the molecule is CC(C)n1nc(Cn2ccnc2)c2c1CN(C(=O)c1ccno1)C2. The van der Waals surface area contributed by atoms with E-state index in [2.05, 4.69) is 24.0 Å². The molecular formula is C16H18N6O2. The Hall–Kier alpha value is -2.90. The van der Waals surface area contributed by atoms with E-state index < -0.39 is 0 Å². The number of nitrogens with zero attached hydrogens (tertiary/aromatic N) is 6. The first-order valence-corrected chi connectivity index (χ1v) is 7.88. The van der Waals surface area contributed by atoms with Crippen LogP contribution >= 0.6 is 0 Å². The highest BCUT2D eigenvalue weighted by molar-refractivity contribution is 5.91. The summed E-state index contributed by atoms with van der Waals surface area (Å²) in [6.45, 7) is 5.90. The van der Waals surface area contributed by atoms with Crippen molar-refractivity contribution in [3.05, 3.63) is 53.7 Å². The molecule has 0 spiro atoms. The zero-order valence-electron chi connectivity index (χ0n) is 13.6. The molecule has 0 aliphatic carbocycles. The van der Waals surface area contributed by atoms with Crippen molar-refractivity contribution in [2.75, 3.05) is 0 Å². The summed E-state index contributed by atoms with van der Waals surface area (Å²) >= 11 is 0. The van der Waals surface area contributed by atoms with Gasteiger partial charge in [0.15, 0.2) is 0 Å². The molecule has 0 N–H and O–H groups in total. The third kappa shape index (κ3) is 2.40. The second-order valence-corrected chi connectivity index (χ2v) is 6.18. The van der Waals surface area contributed by atoms with Crippen LogP contribution in [0.1, 0.15) is 47.4 Å². The fourth-order valence-electron chi connectivity index (χ4n) is 3.07. The number of imidazole rings is 1. The van der Waals surface area contributed by atoms with E-state index in [0.29, 0.717) is 19.6 Å². The third-order valence-corrected chi connectivity index (χ3v) is 4.21. The number of carbonyl (C=O) groups excluding carboxylic acids is 1. The monoisotopic (exact) mass is 326 g/mol. The van der Waals surface area contributed by atoms with E-state index in [0.717, 1.165) is 17.0 Å². The lowest BCUT2D eigenvalue weighted by molar-refractivity contribution is 0.0705. The summed E-state index contributed by atoms with van der Waals surface area (Å²) in [5.41, 5.74) is 3.18. The van der Waals surface area contributed by atoms with Gasteiger partial charge in [0.2, 0.25) is 5.76 Å². The summed E-state index contributed by atoms with van der Waals surface area (Å²) < 4.78 is 8.99. The number of hydrogen-bond acceptors (Lipinski definition) is 5. The zero-order valence-corrected chi connectivity index (χ0v) is 13.6. The summed E-state index contributed by atoms with van der Waals surface area (Å²) in [5.74, 6) is 0.118. The molecule has 0 saturated heterocycles. The van der Waals surface area contributed by atoms with E-state index in [1.165, 1.54) is 6.20 Å². The highest BCUT2D eigenvalue weighted by Gasteiger charge is 2.32. The molecular weight excluding hydrogens is 308 g/mol. The van der Waals surface area contributed by atoms with Crippen LogP contribution < -0.4 is 0 Å². The van der Waals surface area contributed by atoms with Crippen molar-refractivity contribution in [2.24, 2.45) is 0 Å². The number of aromatic nitrogens is 5. The average Bonchev–Trinajstić information content (AvgIpc) is 3.33. The van der Waals surface area contributed by atoms with Crippen LogP contribution in [0, 0.1) is 0 Å².